The van der Waals surface area contributed by atoms with Crippen LogP contribution in [0, 0.1) is 18.3 Å². The maximum atomic E-state index is 9.10. The zero-order chi connectivity index (χ0) is 16.0. The van der Waals surface area contributed by atoms with E-state index in [0.717, 1.165) is 41.0 Å². The summed E-state index contributed by atoms with van der Waals surface area (Å²) in [5.74, 6) is 2.05. The zero-order valence-electron chi connectivity index (χ0n) is 13.1. The van der Waals surface area contributed by atoms with Crippen molar-refractivity contribution in [3.63, 3.8) is 0 Å². The molecule has 1 aliphatic rings. The van der Waals surface area contributed by atoms with E-state index in [1.807, 2.05) is 37.3 Å². The lowest BCUT2D eigenvalue weighted by Gasteiger charge is -2.08. The van der Waals surface area contributed by atoms with Crippen LogP contribution in [0.15, 0.2) is 30.3 Å². The molecule has 1 aliphatic carbocycles. The molecule has 1 fully saturated rings. The van der Waals surface area contributed by atoms with Crippen molar-refractivity contribution in [3.8, 4) is 23.1 Å². The Hall–Kier alpha value is -2.87. The van der Waals surface area contributed by atoms with Gasteiger partial charge in [-0.1, -0.05) is 6.07 Å². The minimum Gasteiger partial charge on any atom is -0.481 e. The number of methoxy groups -OCH3 is 1. The molecule has 1 aromatic carbocycles. The molecule has 0 spiro atoms. The van der Waals surface area contributed by atoms with Crippen LogP contribution in [-0.2, 0) is 0 Å². The van der Waals surface area contributed by atoms with E-state index in [0.29, 0.717) is 17.4 Å². The van der Waals surface area contributed by atoms with Crippen LogP contribution in [-0.4, -0.2) is 21.7 Å². The van der Waals surface area contributed by atoms with Crippen LogP contribution in [0.4, 0.5) is 0 Å². The lowest BCUT2D eigenvalue weighted by molar-refractivity contribution is 0.385. The van der Waals surface area contributed by atoms with Crippen LogP contribution >= 0.6 is 0 Å². The predicted octanol–water partition coefficient (Wildman–Crippen LogP) is 3.46. The number of rotatable bonds is 3. The number of hydrogen-bond donors (Lipinski definition) is 0. The maximum absolute atomic E-state index is 9.10. The van der Waals surface area contributed by atoms with E-state index in [4.69, 9.17) is 15.0 Å². The fraction of sp³-hybridized carbons (Fsp3) is 0.278. The van der Waals surface area contributed by atoms with Gasteiger partial charge in [-0.05, 0) is 49.1 Å². The molecule has 0 bridgehead atoms. The molecule has 5 nitrogen and oxygen atoms in total. The first-order valence-electron chi connectivity index (χ1n) is 7.66. The molecule has 5 heteroatoms. The third kappa shape index (κ3) is 2.23. The van der Waals surface area contributed by atoms with Gasteiger partial charge in [-0.3, -0.25) is 0 Å². The van der Waals surface area contributed by atoms with Crippen LogP contribution in [0.1, 0.15) is 35.7 Å². The number of nitrogens with zero attached hydrogens (tertiary/aromatic N) is 4. The highest BCUT2D eigenvalue weighted by Crippen LogP contribution is 2.39. The first-order valence-corrected chi connectivity index (χ1v) is 7.66. The van der Waals surface area contributed by atoms with Gasteiger partial charge in [0.05, 0.1) is 18.7 Å². The number of aryl methyl sites for hydroxylation is 1. The molecule has 0 atom stereocenters. The number of benzene rings is 1. The minimum atomic E-state index is 0.482. The fourth-order valence-corrected chi connectivity index (χ4v) is 2.81. The fourth-order valence-electron chi connectivity index (χ4n) is 2.81. The Morgan fingerprint density at radius 3 is 2.74 bits per heavy atom. The van der Waals surface area contributed by atoms with Gasteiger partial charge in [-0.2, -0.15) is 9.78 Å². The molecule has 0 aliphatic heterocycles. The van der Waals surface area contributed by atoms with Gasteiger partial charge in [-0.25, -0.2) is 4.98 Å². The number of fused-ring (bicyclic) bond motifs is 1. The van der Waals surface area contributed by atoms with Gasteiger partial charge < -0.3 is 4.74 Å². The van der Waals surface area contributed by atoms with Crippen molar-refractivity contribution >= 4 is 5.65 Å². The molecule has 0 radical (unpaired) electrons. The quantitative estimate of drug-likeness (QED) is 0.743. The summed E-state index contributed by atoms with van der Waals surface area (Å²) in [4.78, 5) is 4.74. The smallest absolute Gasteiger partial charge is 0.216 e. The van der Waals surface area contributed by atoms with Crippen LogP contribution < -0.4 is 4.74 Å². The van der Waals surface area contributed by atoms with Gasteiger partial charge in [0.1, 0.15) is 0 Å². The molecule has 0 saturated heterocycles. The molecule has 0 amide bonds. The summed E-state index contributed by atoms with van der Waals surface area (Å²) in [6.07, 6.45) is 2.31. The molecular formula is C18H16N4O. The van der Waals surface area contributed by atoms with Crippen molar-refractivity contribution in [3.05, 3.63) is 47.3 Å². The summed E-state index contributed by atoms with van der Waals surface area (Å²) in [7, 11) is 1.64. The number of ether oxygens (including phenoxy) is 1. The van der Waals surface area contributed by atoms with Crippen molar-refractivity contribution in [2.75, 3.05) is 7.11 Å². The van der Waals surface area contributed by atoms with E-state index in [9.17, 15) is 0 Å². The second kappa shape index (κ2) is 5.10. The highest BCUT2D eigenvalue weighted by Gasteiger charge is 2.29. The minimum absolute atomic E-state index is 0.482. The van der Waals surface area contributed by atoms with E-state index < -0.39 is 0 Å². The van der Waals surface area contributed by atoms with Crippen molar-refractivity contribution < 1.29 is 4.74 Å². The Morgan fingerprint density at radius 1 is 1.26 bits per heavy atom. The first-order chi connectivity index (χ1) is 11.2. The van der Waals surface area contributed by atoms with Crippen LogP contribution in [0.2, 0.25) is 0 Å². The molecule has 4 rings (SSSR count). The van der Waals surface area contributed by atoms with E-state index in [1.165, 1.54) is 0 Å². The number of nitriles is 1. The van der Waals surface area contributed by atoms with Crippen LogP contribution in [0.25, 0.3) is 16.8 Å². The summed E-state index contributed by atoms with van der Waals surface area (Å²) in [6, 6.07) is 11.9. The molecule has 3 aromatic rings. The molecule has 114 valence electrons. The number of aromatic nitrogens is 3. The van der Waals surface area contributed by atoms with E-state index in [-0.39, 0.29) is 0 Å². The maximum Gasteiger partial charge on any atom is 0.216 e. The average molecular weight is 304 g/mol. The van der Waals surface area contributed by atoms with E-state index >= 15 is 0 Å². The standard InChI is InChI=1S/C18H16N4O/c1-11-9-13(5-6-14(11)10-19)15-7-8-16(23-2)22-18(15)20-17(21-22)12-3-4-12/h5-9,12H,3-4H2,1-2H3. The molecule has 0 unspecified atom stereocenters. The van der Waals surface area contributed by atoms with Crippen molar-refractivity contribution in [2.45, 2.75) is 25.7 Å². The van der Waals surface area contributed by atoms with Crippen LogP contribution in [0.5, 0.6) is 5.88 Å². The molecule has 23 heavy (non-hydrogen) atoms. The lowest BCUT2D eigenvalue weighted by atomic mass is 10.0. The molecule has 2 aromatic heterocycles. The van der Waals surface area contributed by atoms with E-state index in [1.54, 1.807) is 11.6 Å². The SMILES string of the molecule is COc1ccc(-c2ccc(C#N)c(C)c2)c2nc(C3CC3)nn12. The van der Waals surface area contributed by atoms with Gasteiger partial charge in [0.15, 0.2) is 11.5 Å². The molecular weight excluding hydrogens is 288 g/mol. The van der Waals surface area contributed by atoms with E-state index in [2.05, 4.69) is 11.2 Å². The Bertz CT molecular complexity index is 948. The Labute approximate surface area is 134 Å². The molecule has 2 heterocycles. The number of hydrogen-bond acceptors (Lipinski definition) is 4. The van der Waals surface area contributed by atoms with Crippen molar-refractivity contribution in [1.29, 1.82) is 5.26 Å². The summed E-state index contributed by atoms with van der Waals surface area (Å²) in [6.45, 7) is 1.95. The summed E-state index contributed by atoms with van der Waals surface area (Å²) < 4.78 is 7.18. The topological polar surface area (TPSA) is 63.2 Å². The zero-order valence-corrected chi connectivity index (χ0v) is 13.1. The Kier molecular flexibility index (Phi) is 3.05. The third-order valence-corrected chi connectivity index (χ3v) is 4.28. The Morgan fingerprint density at radius 2 is 2.09 bits per heavy atom. The predicted molar refractivity (Wildman–Crippen MR) is 86.4 cm³/mol. The molecule has 0 N–H and O–H groups in total. The summed E-state index contributed by atoms with van der Waals surface area (Å²) in [5.41, 5.74) is 4.48. The second-order valence-electron chi connectivity index (χ2n) is 5.91. The third-order valence-electron chi connectivity index (χ3n) is 4.28. The van der Waals surface area contributed by atoms with Crippen molar-refractivity contribution in [2.24, 2.45) is 0 Å². The average Bonchev–Trinajstić information content (AvgIpc) is 3.32. The first kappa shape index (κ1) is 13.8. The summed E-state index contributed by atoms with van der Waals surface area (Å²) in [5, 5.41) is 13.7. The second-order valence-corrected chi connectivity index (χ2v) is 5.91. The van der Waals surface area contributed by atoms with Gasteiger partial charge in [-0.15, -0.1) is 5.10 Å². The molecule has 1 saturated carbocycles. The summed E-state index contributed by atoms with van der Waals surface area (Å²) >= 11 is 0. The van der Waals surface area contributed by atoms with Gasteiger partial charge >= 0.3 is 0 Å². The highest BCUT2D eigenvalue weighted by molar-refractivity contribution is 5.79. The lowest BCUT2D eigenvalue weighted by Crippen LogP contribution is -1.97. The van der Waals surface area contributed by atoms with Crippen molar-refractivity contribution in [1.82, 2.24) is 14.6 Å². The largest absolute Gasteiger partial charge is 0.481 e. The Balaban J connectivity index is 1.93. The van der Waals surface area contributed by atoms with Gasteiger partial charge in [0.25, 0.3) is 0 Å². The normalized spacial score (nSPS) is 14.0. The monoisotopic (exact) mass is 304 g/mol. The number of pyridine rings is 1. The van der Waals surface area contributed by atoms with Gasteiger partial charge in [0, 0.05) is 17.5 Å². The highest BCUT2D eigenvalue weighted by atomic mass is 16.5. The van der Waals surface area contributed by atoms with Crippen LogP contribution in [0.3, 0.4) is 0 Å². The van der Waals surface area contributed by atoms with Gasteiger partial charge in [0.2, 0.25) is 5.88 Å².